The minimum atomic E-state index is -1.02. The van der Waals surface area contributed by atoms with Crippen molar-refractivity contribution in [1.29, 1.82) is 0 Å². The lowest BCUT2D eigenvalue weighted by atomic mass is 10.2. The first-order valence-electron chi connectivity index (χ1n) is 6.84. The van der Waals surface area contributed by atoms with E-state index in [4.69, 9.17) is 21.4 Å². The van der Waals surface area contributed by atoms with Crippen molar-refractivity contribution in [2.24, 2.45) is 5.92 Å². The van der Waals surface area contributed by atoms with Gasteiger partial charge < -0.3 is 14.7 Å². The summed E-state index contributed by atoms with van der Waals surface area (Å²) in [6.45, 7) is 1.88. The lowest BCUT2D eigenvalue weighted by Gasteiger charge is -2.20. The highest BCUT2D eigenvalue weighted by Gasteiger charge is 2.28. The van der Waals surface area contributed by atoms with Crippen molar-refractivity contribution in [3.05, 3.63) is 28.8 Å². The fraction of sp³-hybridized carbons (Fsp3) is 0.467. The molecule has 0 heterocycles. The highest BCUT2D eigenvalue weighted by molar-refractivity contribution is 6.32. The van der Waals surface area contributed by atoms with E-state index < -0.39 is 5.97 Å². The average Bonchev–Trinajstić information content (AvgIpc) is 3.22. The van der Waals surface area contributed by atoms with Crippen molar-refractivity contribution in [3.63, 3.8) is 0 Å². The molecule has 1 amide bonds. The van der Waals surface area contributed by atoms with Gasteiger partial charge in [0.1, 0.15) is 12.3 Å². The van der Waals surface area contributed by atoms with Crippen molar-refractivity contribution in [3.8, 4) is 5.75 Å². The first kappa shape index (κ1) is 15.6. The number of carbonyl (C=O) groups excluding carboxylic acids is 1. The second-order valence-corrected chi connectivity index (χ2v) is 5.74. The standard InChI is InChI=1S/C15H18ClNO4/c1-10-2-5-12(16)13(6-10)21-9-14(18)17(8-15(19)20)7-11-3-4-11/h2,5-6,11H,3-4,7-9H2,1H3,(H,19,20). The smallest absolute Gasteiger partial charge is 0.323 e. The zero-order chi connectivity index (χ0) is 15.4. The van der Waals surface area contributed by atoms with Gasteiger partial charge in [0.2, 0.25) is 0 Å². The van der Waals surface area contributed by atoms with Gasteiger partial charge in [-0.3, -0.25) is 9.59 Å². The van der Waals surface area contributed by atoms with Crippen LogP contribution in [0.2, 0.25) is 5.02 Å². The van der Waals surface area contributed by atoms with Gasteiger partial charge in [-0.15, -0.1) is 0 Å². The monoisotopic (exact) mass is 311 g/mol. The molecule has 0 aliphatic heterocycles. The zero-order valence-corrected chi connectivity index (χ0v) is 12.6. The van der Waals surface area contributed by atoms with E-state index in [-0.39, 0.29) is 19.1 Å². The summed E-state index contributed by atoms with van der Waals surface area (Å²) in [5.74, 6) is -0.484. The number of hydrogen-bond acceptors (Lipinski definition) is 3. The summed E-state index contributed by atoms with van der Waals surface area (Å²) >= 11 is 5.99. The number of ether oxygens (including phenoxy) is 1. The van der Waals surface area contributed by atoms with Gasteiger partial charge in [-0.2, -0.15) is 0 Å². The molecule has 0 spiro atoms. The molecule has 0 bridgehead atoms. The number of rotatable bonds is 7. The Morgan fingerprint density at radius 1 is 1.43 bits per heavy atom. The molecule has 1 aromatic rings. The highest BCUT2D eigenvalue weighted by atomic mass is 35.5. The summed E-state index contributed by atoms with van der Waals surface area (Å²) in [5, 5.41) is 9.31. The van der Waals surface area contributed by atoms with E-state index in [9.17, 15) is 9.59 Å². The minimum Gasteiger partial charge on any atom is -0.482 e. The molecule has 21 heavy (non-hydrogen) atoms. The molecule has 0 atom stereocenters. The molecular formula is C15H18ClNO4. The second kappa shape index (κ2) is 6.80. The van der Waals surface area contributed by atoms with Gasteiger partial charge in [-0.1, -0.05) is 17.7 Å². The molecule has 0 aromatic heterocycles. The number of carboxylic acids is 1. The largest absolute Gasteiger partial charge is 0.482 e. The summed E-state index contributed by atoms with van der Waals surface area (Å²) in [5.41, 5.74) is 0.974. The molecule has 0 unspecified atom stereocenters. The van der Waals surface area contributed by atoms with Crippen molar-refractivity contribution >= 4 is 23.5 Å². The number of carbonyl (C=O) groups is 2. The number of hydrogen-bond donors (Lipinski definition) is 1. The van der Waals surface area contributed by atoms with Crippen LogP contribution in [0.4, 0.5) is 0 Å². The highest BCUT2D eigenvalue weighted by Crippen LogP contribution is 2.30. The average molecular weight is 312 g/mol. The molecule has 1 N–H and O–H groups in total. The van der Waals surface area contributed by atoms with E-state index in [0.29, 0.717) is 23.2 Å². The summed E-state index contributed by atoms with van der Waals surface area (Å²) < 4.78 is 5.43. The Morgan fingerprint density at radius 3 is 2.76 bits per heavy atom. The summed E-state index contributed by atoms with van der Waals surface area (Å²) in [7, 11) is 0. The first-order valence-corrected chi connectivity index (χ1v) is 7.22. The summed E-state index contributed by atoms with van der Waals surface area (Å²) in [4.78, 5) is 24.3. The van der Waals surface area contributed by atoms with Gasteiger partial charge in [0.25, 0.3) is 5.91 Å². The third kappa shape index (κ3) is 4.93. The number of aliphatic carboxylic acids is 1. The maximum Gasteiger partial charge on any atom is 0.323 e. The Balaban J connectivity index is 1.94. The molecule has 0 saturated heterocycles. The van der Waals surface area contributed by atoms with E-state index in [1.165, 1.54) is 4.90 Å². The predicted octanol–water partition coefficient (Wildman–Crippen LogP) is 2.35. The molecule has 6 heteroatoms. The molecule has 1 fully saturated rings. The van der Waals surface area contributed by atoms with Crippen molar-refractivity contribution in [2.75, 3.05) is 19.7 Å². The maximum atomic E-state index is 12.1. The first-order chi connectivity index (χ1) is 9.95. The van der Waals surface area contributed by atoms with Gasteiger partial charge in [0.15, 0.2) is 6.61 Å². The number of halogens is 1. The fourth-order valence-corrected chi connectivity index (χ4v) is 2.15. The third-order valence-corrected chi connectivity index (χ3v) is 3.60. The van der Waals surface area contributed by atoms with Crippen LogP contribution in [0, 0.1) is 12.8 Å². The Labute approximate surface area is 128 Å². The van der Waals surface area contributed by atoms with Crippen LogP contribution in [-0.4, -0.2) is 41.6 Å². The third-order valence-electron chi connectivity index (χ3n) is 3.29. The van der Waals surface area contributed by atoms with Crippen molar-refractivity contribution in [2.45, 2.75) is 19.8 Å². The van der Waals surface area contributed by atoms with Gasteiger partial charge in [0, 0.05) is 6.54 Å². The number of carboxylic acid groups (broad SMARTS) is 1. The SMILES string of the molecule is Cc1ccc(Cl)c(OCC(=O)N(CC(=O)O)CC2CC2)c1. The van der Waals surface area contributed by atoms with Crippen LogP contribution in [0.15, 0.2) is 18.2 Å². The van der Waals surface area contributed by atoms with E-state index >= 15 is 0 Å². The topological polar surface area (TPSA) is 66.8 Å². The molecule has 1 aromatic carbocycles. The van der Waals surface area contributed by atoms with Crippen LogP contribution in [0.1, 0.15) is 18.4 Å². The number of benzene rings is 1. The quantitative estimate of drug-likeness (QED) is 0.839. The van der Waals surface area contributed by atoms with Crippen LogP contribution in [0.3, 0.4) is 0 Å². The Bertz CT molecular complexity index is 542. The van der Waals surface area contributed by atoms with Crippen LogP contribution >= 0.6 is 11.6 Å². The molecular weight excluding hydrogens is 294 g/mol. The predicted molar refractivity (Wildman–Crippen MR) is 78.6 cm³/mol. The van der Waals surface area contributed by atoms with Crippen LogP contribution in [0.25, 0.3) is 0 Å². The van der Waals surface area contributed by atoms with Gasteiger partial charge in [-0.05, 0) is 43.4 Å². The van der Waals surface area contributed by atoms with Crippen LogP contribution in [-0.2, 0) is 9.59 Å². The molecule has 1 aliphatic carbocycles. The van der Waals surface area contributed by atoms with Gasteiger partial charge in [-0.25, -0.2) is 0 Å². The van der Waals surface area contributed by atoms with Crippen LogP contribution < -0.4 is 4.74 Å². The van der Waals surface area contributed by atoms with E-state index in [2.05, 4.69) is 0 Å². The molecule has 1 saturated carbocycles. The zero-order valence-electron chi connectivity index (χ0n) is 11.8. The van der Waals surface area contributed by atoms with E-state index in [1.54, 1.807) is 12.1 Å². The molecule has 114 valence electrons. The van der Waals surface area contributed by atoms with Crippen LogP contribution in [0.5, 0.6) is 5.75 Å². The lowest BCUT2D eigenvalue weighted by molar-refractivity contribution is -0.145. The normalized spacial score (nSPS) is 13.8. The second-order valence-electron chi connectivity index (χ2n) is 5.33. The molecule has 1 aliphatic rings. The summed E-state index contributed by atoms with van der Waals surface area (Å²) in [6, 6.07) is 5.30. The van der Waals surface area contributed by atoms with E-state index in [1.807, 2.05) is 13.0 Å². The van der Waals surface area contributed by atoms with Crippen molar-refractivity contribution in [1.82, 2.24) is 4.90 Å². The van der Waals surface area contributed by atoms with Crippen molar-refractivity contribution < 1.29 is 19.4 Å². The molecule has 2 rings (SSSR count). The summed E-state index contributed by atoms with van der Waals surface area (Å²) in [6.07, 6.45) is 2.10. The minimum absolute atomic E-state index is 0.205. The Morgan fingerprint density at radius 2 is 2.14 bits per heavy atom. The lowest BCUT2D eigenvalue weighted by Crippen LogP contribution is -2.40. The molecule has 5 nitrogen and oxygen atoms in total. The molecule has 0 radical (unpaired) electrons. The number of amides is 1. The Hall–Kier alpha value is -1.75. The van der Waals surface area contributed by atoms with Gasteiger partial charge >= 0.3 is 5.97 Å². The number of nitrogens with zero attached hydrogens (tertiary/aromatic N) is 1. The number of aryl methyl sites for hydroxylation is 1. The van der Waals surface area contributed by atoms with E-state index in [0.717, 1.165) is 18.4 Å². The van der Waals surface area contributed by atoms with Gasteiger partial charge in [0.05, 0.1) is 5.02 Å². The Kier molecular flexibility index (Phi) is 5.07. The fourth-order valence-electron chi connectivity index (χ4n) is 1.98. The maximum absolute atomic E-state index is 12.1.